The molecule has 10 nitrogen and oxygen atoms in total. The number of nitrogens with one attached hydrogen (secondary N) is 2. The number of carbonyl (C=O) groups is 4. The van der Waals surface area contributed by atoms with E-state index in [9.17, 15) is 19.2 Å². The van der Waals surface area contributed by atoms with Crippen LogP contribution in [0.5, 0.6) is 0 Å². The standard InChI is InChI=1S/C11H18N2O8/c1-18-8(14)3-5-20-10(16)12-7-13-11(17)21-6-4-9(15)19-2/h3-7H2,1-2H3,(H,12,16)(H,13,17). The van der Waals surface area contributed by atoms with E-state index in [1.165, 1.54) is 14.2 Å². The first-order chi connectivity index (χ1) is 9.99. The summed E-state index contributed by atoms with van der Waals surface area (Å²) in [5, 5.41) is 4.40. The topological polar surface area (TPSA) is 129 Å². The normalized spacial score (nSPS) is 9.24. The van der Waals surface area contributed by atoms with Crippen molar-refractivity contribution in [3.8, 4) is 0 Å². The first kappa shape index (κ1) is 18.5. The molecule has 21 heavy (non-hydrogen) atoms. The van der Waals surface area contributed by atoms with Gasteiger partial charge in [-0.25, -0.2) is 9.59 Å². The molecule has 0 aromatic rings. The van der Waals surface area contributed by atoms with Crippen LogP contribution in [0, 0.1) is 0 Å². The van der Waals surface area contributed by atoms with E-state index >= 15 is 0 Å². The van der Waals surface area contributed by atoms with E-state index in [4.69, 9.17) is 0 Å². The second-order valence-corrected chi connectivity index (χ2v) is 3.45. The first-order valence-corrected chi connectivity index (χ1v) is 5.94. The Kier molecular flexibility index (Phi) is 9.96. The highest BCUT2D eigenvalue weighted by molar-refractivity contribution is 5.72. The van der Waals surface area contributed by atoms with Crippen molar-refractivity contribution in [3.63, 3.8) is 0 Å². The van der Waals surface area contributed by atoms with E-state index in [1.54, 1.807) is 0 Å². The zero-order chi connectivity index (χ0) is 16.1. The quantitative estimate of drug-likeness (QED) is 0.349. The van der Waals surface area contributed by atoms with Crippen LogP contribution in [0.3, 0.4) is 0 Å². The SMILES string of the molecule is COC(=O)CCOC(=O)NCNC(=O)OCCC(=O)OC. The van der Waals surface area contributed by atoms with E-state index in [0.717, 1.165) is 0 Å². The molecule has 0 bridgehead atoms. The Hall–Kier alpha value is -2.52. The maximum atomic E-state index is 11.1. The van der Waals surface area contributed by atoms with Gasteiger partial charge in [0.15, 0.2) is 0 Å². The van der Waals surface area contributed by atoms with Crippen molar-refractivity contribution < 1.29 is 38.1 Å². The fourth-order valence-corrected chi connectivity index (χ4v) is 0.949. The number of methoxy groups -OCH3 is 2. The lowest BCUT2D eigenvalue weighted by atomic mass is 10.5. The van der Waals surface area contributed by atoms with Crippen molar-refractivity contribution in [2.75, 3.05) is 34.1 Å². The van der Waals surface area contributed by atoms with E-state index < -0.39 is 24.1 Å². The van der Waals surface area contributed by atoms with E-state index in [2.05, 4.69) is 29.6 Å². The van der Waals surface area contributed by atoms with Gasteiger partial charge in [-0.2, -0.15) is 0 Å². The summed E-state index contributed by atoms with van der Waals surface area (Å²) in [6, 6.07) is 0. The fraction of sp³-hybridized carbons (Fsp3) is 0.636. The molecule has 0 unspecified atom stereocenters. The molecule has 0 fully saturated rings. The van der Waals surface area contributed by atoms with Gasteiger partial charge in [0.25, 0.3) is 0 Å². The maximum Gasteiger partial charge on any atom is 0.408 e. The lowest BCUT2D eigenvalue weighted by Gasteiger charge is -2.08. The Labute approximate surface area is 121 Å². The molecule has 0 aliphatic heterocycles. The summed E-state index contributed by atoms with van der Waals surface area (Å²) >= 11 is 0. The highest BCUT2D eigenvalue weighted by Crippen LogP contribution is 1.88. The number of ether oxygens (including phenoxy) is 4. The third-order valence-electron chi connectivity index (χ3n) is 2.00. The number of hydrogen-bond donors (Lipinski definition) is 2. The zero-order valence-corrected chi connectivity index (χ0v) is 11.8. The average Bonchev–Trinajstić information content (AvgIpc) is 2.46. The summed E-state index contributed by atoms with van der Waals surface area (Å²) in [5.41, 5.74) is 0. The molecule has 0 saturated heterocycles. The molecule has 2 N–H and O–H groups in total. The first-order valence-electron chi connectivity index (χ1n) is 5.94. The Morgan fingerprint density at radius 2 is 1.14 bits per heavy atom. The number of carbonyl (C=O) groups excluding carboxylic acids is 4. The number of hydrogen-bond acceptors (Lipinski definition) is 8. The van der Waals surface area contributed by atoms with Crippen molar-refractivity contribution in [1.29, 1.82) is 0 Å². The Morgan fingerprint density at radius 3 is 1.48 bits per heavy atom. The molecular weight excluding hydrogens is 288 g/mol. The molecule has 0 rings (SSSR count). The lowest BCUT2D eigenvalue weighted by molar-refractivity contribution is -0.142. The molecule has 120 valence electrons. The van der Waals surface area contributed by atoms with Gasteiger partial charge in [-0.05, 0) is 0 Å². The van der Waals surface area contributed by atoms with Crippen LogP contribution in [0.4, 0.5) is 9.59 Å². The molecule has 0 aliphatic carbocycles. The average molecular weight is 306 g/mol. The van der Waals surface area contributed by atoms with E-state index in [0.29, 0.717) is 0 Å². The Balaban J connectivity index is 3.55. The summed E-state index contributed by atoms with van der Waals surface area (Å²) < 4.78 is 17.9. The molecule has 0 aromatic heterocycles. The molecule has 0 atom stereocenters. The van der Waals surface area contributed by atoms with Gasteiger partial charge in [0, 0.05) is 0 Å². The van der Waals surface area contributed by atoms with Crippen LogP contribution < -0.4 is 10.6 Å². The summed E-state index contributed by atoms with van der Waals surface area (Å²) in [7, 11) is 2.44. The van der Waals surface area contributed by atoms with E-state index in [1.807, 2.05) is 0 Å². The van der Waals surface area contributed by atoms with Gasteiger partial charge in [0.05, 0.1) is 33.7 Å². The molecule has 0 spiro atoms. The van der Waals surface area contributed by atoms with Gasteiger partial charge in [-0.15, -0.1) is 0 Å². The molecule has 10 heteroatoms. The zero-order valence-electron chi connectivity index (χ0n) is 11.8. The third kappa shape index (κ3) is 11.0. The minimum atomic E-state index is -0.811. The van der Waals surface area contributed by atoms with Gasteiger partial charge >= 0.3 is 24.1 Å². The van der Waals surface area contributed by atoms with Crippen LogP contribution in [0.25, 0.3) is 0 Å². The molecular formula is C11H18N2O8. The van der Waals surface area contributed by atoms with Gasteiger partial charge in [-0.1, -0.05) is 0 Å². The third-order valence-corrected chi connectivity index (χ3v) is 2.00. The number of rotatable bonds is 8. The van der Waals surface area contributed by atoms with Crippen LogP contribution >= 0.6 is 0 Å². The summed E-state index contributed by atoms with van der Waals surface area (Å²) in [6.45, 7) is -0.502. The van der Waals surface area contributed by atoms with Gasteiger partial charge in [-0.3, -0.25) is 9.59 Å². The smallest absolute Gasteiger partial charge is 0.408 e. The second-order valence-electron chi connectivity index (χ2n) is 3.45. The van der Waals surface area contributed by atoms with Crippen LogP contribution in [0.1, 0.15) is 12.8 Å². The summed E-state index contributed by atoms with van der Waals surface area (Å²) in [4.78, 5) is 43.6. The van der Waals surface area contributed by atoms with Gasteiger partial charge in [0.2, 0.25) is 0 Å². The van der Waals surface area contributed by atoms with Gasteiger partial charge in [0.1, 0.15) is 13.2 Å². The van der Waals surface area contributed by atoms with Crippen LogP contribution in [0.15, 0.2) is 0 Å². The molecule has 2 amide bonds. The molecule has 0 radical (unpaired) electrons. The van der Waals surface area contributed by atoms with Crippen molar-refractivity contribution in [2.24, 2.45) is 0 Å². The largest absolute Gasteiger partial charge is 0.469 e. The molecule has 0 heterocycles. The number of alkyl carbamates (subject to hydrolysis) is 2. The minimum absolute atomic E-state index is 0.0626. The Morgan fingerprint density at radius 1 is 0.762 bits per heavy atom. The number of esters is 2. The second kappa shape index (κ2) is 11.3. The minimum Gasteiger partial charge on any atom is -0.469 e. The fourth-order valence-electron chi connectivity index (χ4n) is 0.949. The van der Waals surface area contributed by atoms with Crippen LogP contribution in [-0.4, -0.2) is 58.2 Å². The highest BCUT2D eigenvalue weighted by Gasteiger charge is 2.07. The highest BCUT2D eigenvalue weighted by atomic mass is 16.6. The maximum absolute atomic E-state index is 11.1. The predicted molar refractivity (Wildman–Crippen MR) is 67.1 cm³/mol. The summed E-state index contributed by atoms with van der Waals surface area (Å²) in [6.07, 6.45) is -1.75. The van der Waals surface area contributed by atoms with Gasteiger partial charge < -0.3 is 29.6 Å². The van der Waals surface area contributed by atoms with Crippen molar-refractivity contribution in [2.45, 2.75) is 12.8 Å². The summed E-state index contributed by atoms with van der Waals surface area (Å²) in [5.74, 6) is -1.01. The number of amides is 2. The Bertz CT molecular complexity index is 337. The molecule has 0 aliphatic rings. The molecule has 0 saturated carbocycles. The van der Waals surface area contributed by atoms with Crippen LogP contribution in [-0.2, 0) is 28.5 Å². The lowest BCUT2D eigenvalue weighted by Crippen LogP contribution is -2.38. The predicted octanol–water partition coefficient (Wildman–Crippen LogP) is -0.477. The van der Waals surface area contributed by atoms with E-state index in [-0.39, 0.29) is 32.7 Å². The van der Waals surface area contributed by atoms with Crippen molar-refractivity contribution in [3.05, 3.63) is 0 Å². The monoisotopic (exact) mass is 306 g/mol. The van der Waals surface area contributed by atoms with Crippen LogP contribution in [0.2, 0.25) is 0 Å². The molecule has 0 aromatic carbocycles. The van der Waals surface area contributed by atoms with Crippen molar-refractivity contribution >= 4 is 24.1 Å². The van der Waals surface area contributed by atoms with Crippen molar-refractivity contribution in [1.82, 2.24) is 10.6 Å².